The van der Waals surface area contributed by atoms with Crippen LogP contribution in [-0.2, 0) is 37.9 Å². The van der Waals surface area contributed by atoms with Crippen LogP contribution in [0.25, 0.3) is 0 Å². The molecule has 0 unspecified atom stereocenters. The third kappa shape index (κ3) is 20.6. The van der Waals surface area contributed by atoms with Crippen molar-refractivity contribution in [1.82, 2.24) is 0 Å². The van der Waals surface area contributed by atoms with Crippen molar-refractivity contribution in [2.24, 2.45) is 0 Å². The molecule has 3 N–H and O–H groups in total. The van der Waals surface area contributed by atoms with Gasteiger partial charge in [-0.3, -0.25) is 0 Å². The summed E-state index contributed by atoms with van der Waals surface area (Å²) in [5.41, 5.74) is 7.95. The third-order valence-corrected chi connectivity index (χ3v) is 6.08. The quantitative estimate of drug-likeness (QED) is 0.0732. The van der Waals surface area contributed by atoms with Crippen molar-refractivity contribution in [2.45, 2.75) is 19.8 Å². The number of anilines is 2. The molecule has 0 aliphatic rings. The fourth-order valence-corrected chi connectivity index (χ4v) is 3.65. The van der Waals surface area contributed by atoms with E-state index in [4.69, 9.17) is 48.4 Å². The minimum absolute atomic E-state index is 0.191. The molecule has 0 saturated carbocycles. The third-order valence-electron chi connectivity index (χ3n) is 6.08. The molecule has 12 nitrogen and oxygen atoms in total. The monoisotopic (exact) mass is 636 g/mol. The number of nitrogen functional groups attached to an aromatic ring is 1. The van der Waals surface area contributed by atoms with E-state index in [2.05, 4.69) is 12.2 Å². The lowest BCUT2D eigenvalue weighted by atomic mass is 10.2. The van der Waals surface area contributed by atoms with Gasteiger partial charge in [-0.2, -0.15) is 0 Å². The van der Waals surface area contributed by atoms with Crippen LogP contribution in [-0.4, -0.2) is 118 Å². The minimum Gasteiger partial charge on any atom is -0.489 e. The highest BCUT2D eigenvalue weighted by Gasteiger charge is 2.07. The number of nitrogens with two attached hydrogens (primary N) is 1. The second-order valence-corrected chi connectivity index (χ2v) is 9.67. The van der Waals surface area contributed by atoms with Crippen LogP contribution in [0.1, 0.15) is 30.1 Å². The summed E-state index contributed by atoms with van der Waals surface area (Å²) in [5, 5.41) is 3.32. The Morgan fingerprint density at radius 1 is 0.600 bits per heavy atom. The summed E-state index contributed by atoms with van der Waals surface area (Å²) >= 11 is 0. The zero-order chi connectivity index (χ0) is 32.0. The second kappa shape index (κ2) is 27.3. The first-order valence-corrected chi connectivity index (χ1v) is 15.7. The first-order chi connectivity index (χ1) is 22.2. The van der Waals surface area contributed by atoms with Crippen LogP contribution in [0.5, 0.6) is 5.75 Å². The van der Waals surface area contributed by atoms with Gasteiger partial charge in [-0.05, 0) is 42.8 Å². The van der Waals surface area contributed by atoms with Crippen molar-refractivity contribution >= 4 is 17.3 Å². The summed E-state index contributed by atoms with van der Waals surface area (Å²) in [6, 6.07) is 14.7. The standard InChI is InChI=1S/C33H52N2O10/c1-2-3-12-35-30-10-8-29(9-11-30)33(36)45-28-26-43-24-22-41-20-18-39-16-14-37-13-15-38-17-19-40-21-23-42-25-27-44-32-7-5-4-6-31(32)34/h4-11,35H,2-3,12-28,34H2,1H3. The predicted molar refractivity (Wildman–Crippen MR) is 172 cm³/mol. The lowest BCUT2D eigenvalue weighted by Gasteiger charge is -2.10. The Balaban J connectivity index is 1.23. The lowest BCUT2D eigenvalue weighted by molar-refractivity contribution is -0.0228. The summed E-state index contributed by atoms with van der Waals surface area (Å²) in [6.45, 7) is 10.2. The SMILES string of the molecule is CCCCNc1ccc(C(=O)OCCOCCOCCOCCOCCOCCOCCOCCOc2ccccc2N)cc1. The summed E-state index contributed by atoms with van der Waals surface area (Å²) in [6.07, 6.45) is 2.24. The maximum atomic E-state index is 12.1. The van der Waals surface area contributed by atoms with Gasteiger partial charge in [-0.15, -0.1) is 0 Å². The minimum atomic E-state index is -0.361. The predicted octanol–water partition coefficient (Wildman–Crippen LogP) is 3.83. The van der Waals surface area contributed by atoms with E-state index in [1.165, 1.54) is 0 Å². The summed E-state index contributed by atoms with van der Waals surface area (Å²) in [4.78, 5) is 12.1. The number of para-hydroxylation sites is 2. The molecule has 0 fully saturated rings. The maximum Gasteiger partial charge on any atom is 0.338 e. The molecule has 0 bridgehead atoms. The zero-order valence-electron chi connectivity index (χ0n) is 26.7. The maximum absolute atomic E-state index is 12.1. The number of carbonyl (C=O) groups excluding carboxylic acids is 1. The molecule has 2 aromatic carbocycles. The highest BCUT2D eigenvalue weighted by atomic mass is 16.6. The van der Waals surface area contributed by atoms with Gasteiger partial charge in [0, 0.05) is 12.2 Å². The Labute approximate surface area is 267 Å². The van der Waals surface area contributed by atoms with E-state index >= 15 is 0 Å². The van der Waals surface area contributed by atoms with Gasteiger partial charge in [0.1, 0.15) is 19.0 Å². The highest BCUT2D eigenvalue weighted by Crippen LogP contribution is 2.19. The normalized spacial score (nSPS) is 11.0. The van der Waals surface area contributed by atoms with Gasteiger partial charge in [0.2, 0.25) is 0 Å². The molecule has 0 aliphatic carbocycles. The topological polar surface area (TPSA) is 138 Å². The molecule has 254 valence electrons. The zero-order valence-corrected chi connectivity index (χ0v) is 26.7. The van der Waals surface area contributed by atoms with Crippen molar-refractivity contribution in [3.8, 4) is 5.75 Å². The number of benzene rings is 2. The number of hydrogen-bond donors (Lipinski definition) is 2. The van der Waals surface area contributed by atoms with E-state index in [1.54, 1.807) is 18.2 Å². The number of esters is 1. The number of ether oxygens (including phenoxy) is 9. The molecule has 0 aromatic heterocycles. The van der Waals surface area contributed by atoms with Crippen molar-refractivity contribution in [2.75, 3.05) is 123 Å². The second-order valence-electron chi connectivity index (χ2n) is 9.67. The van der Waals surface area contributed by atoms with Crippen LogP contribution in [0.4, 0.5) is 11.4 Å². The van der Waals surface area contributed by atoms with Crippen LogP contribution in [0, 0.1) is 0 Å². The molecular weight excluding hydrogens is 584 g/mol. The number of unbranched alkanes of at least 4 members (excludes halogenated alkanes) is 1. The smallest absolute Gasteiger partial charge is 0.338 e. The van der Waals surface area contributed by atoms with Gasteiger partial charge in [-0.1, -0.05) is 25.5 Å². The van der Waals surface area contributed by atoms with Crippen LogP contribution in [0.2, 0.25) is 0 Å². The van der Waals surface area contributed by atoms with E-state index in [0.29, 0.717) is 116 Å². The van der Waals surface area contributed by atoms with Gasteiger partial charge in [0.05, 0.1) is 104 Å². The molecule has 12 heteroatoms. The Morgan fingerprint density at radius 2 is 1.04 bits per heavy atom. The molecule has 0 saturated heterocycles. The lowest BCUT2D eigenvalue weighted by Crippen LogP contribution is -2.15. The molecule has 45 heavy (non-hydrogen) atoms. The van der Waals surface area contributed by atoms with Gasteiger partial charge in [0.25, 0.3) is 0 Å². The number of nitrogens with one attached hydrogen (secondary N) is 1. The van der Waals surface area contributed by atoms with E-state index in [0.717, 1.165) is 25.1 Å². The Hall–Kier alpha value is -2.97. The molecule has 0 aliphatic heterocycles. The van der Waals surface area contributed by atoms with Crippen LogP contribution in [0.3, 0.4) is 0 Å². The average molecular weight is 637 g/mol. The highest BCUT2D eigenvalue weighted by molar-refractivity contribution is 5.89. The van der Waals surface area contributed by atoms with Crippen molar-refractivity contribution in [3.63, 3.8) is 0 Å². The fourth-order valence-electron chi connectivity index (χ4n) is 3.65. The number of carbonyl (C=O) groups is 1. The van der Waals surface area contributed by atoms with Gasteiger partial charge in [-0.25, -0.2) is 4.79 Å². The fraction of sp³-hybridized carbons (Fsp3) is 0.606. The number of hydrogen-bond acceptors (Lipinski definition) is 12. The molecule has 2 rings (SSSR count). The van der Waals surface area contributed by atoms with E-state index in [1.807, 2.05) is 30.3 Å². The molecule has 0 heterocycles. The summed E-state index contributed by atoms with van der Waals surface area (Å²) in [5.74, 6) is 0.304. The summed E-state index contributed by atoms with van der Waals surface area (Å²) < 4.78 is 49.1. The average Bonchev–Trinajstić information content (AvgIpc) is 3.06. The van der Waals surface area contributed by atoms with Crippen molar-refractivity contribution < 1.29 is 47.4 Å². The molecule has 0 spiro atoms. The largest absolute Gasteiger partial charge is 0.489 e. The Morgan fingerprint density at radius 3 is 1.51 bits per heavy atom. The van der Waals surface area contributed by atoms with Crippen LogP contribution in [0.15, 0.2) is 48.5 Å². The molecule has 2 aromatic rings. The first-order valence-electron chi connectivity index (χ1n) is 15.7. The Kier molecular flexibility index (Phi) is 23.2. The number of rotatable bonds is 30. The summed E-state index contributed by atoms with van der Waals surface area (Å²) in [7, 11) is 0. The van der Waals surface area contributed by atoms with Crippen molar-refractivity contribution in [3.05, 3.63) is 54.1 Å². The van der Waals surface area contributed by atoms with E-state index in [-0.39, 0.29) is 12.6 Å². The molecule has 0 amide bonds. The Bertz CT molecular complexity index is 980. The van der Waals surface area contributed by atoms with Gasteiger partial charge >= 0.3 is 5.97 Å². The van der Waals surface area contributed by atoms with Crippen LogP contribution < -0.4 is 15.8 Å². The van der Waals surface area contributed by atoms with Crippen LogP contribution >= 0.6 is 0 Å². The molecular formula is C33H52N2O10. The van der Waals surface area contributed by atoms with Gasteiger partial charge < -0.3 is 53.7 Å². The van der Waals surface area contributed by atoms with Crippen molar-refractivity contribution in [1.29, 1.82) is 0 Å². The van der Waals surface area contributed by atoms with E-state index in [9.17, 15) is 4.79 Å². The van der Waals surface area contributed by atoms with Gasteiger partial charge in [0.15, 0.2) is 0 Å². The molecule has 0 radical (unpaired) electrons. The molecule has 0 atom stereocenters. The van der Waals surface area contributed by atoms with E-state index < -0.39 is 0 Å². The first kappa shape index (κ1) is 38.2.